The van der Waals surface area contributed by atoms with Crippen molar-refractivity contribution < 1.29 is 19.1 Å². The molecule has 2 heterocycles. The van der Waals surface area contributed by atoms with Gasteiger partial charge >= 0.3 is 5.97 Å². The number of aromatic nitrogens is 1. The standard InChI is InChI=1S/C17H19N3O4S/c1-23-16(22)11-4-6-12(7-5-11)19-15(21)14-10-25-17(20-14)18-9-13-3-2-8-24-13/h4-7,10,13H,2-3,8-9H2,1H3,(H,18,20)(H,19,21)/t13-/m1/s1. The molecule has 0 radical (unpaired) electrons. The van der Waals surface area contributed by atoms with Gasteiger partial charge in [0.05, 0.1) is 18.8 Å². The summed E-state index contributed by atoms with van der Waals surface area (Å²) in [6.45, 7) is 1.51. The second-order valence-electron chi connectivity index (χ2n) is 5.58. The van der Waals surface area contributed by atoms with E-state index in [1.807, 2.05) is 0 Å². The van der Waals surface area contributed by atoms with E-state index in [4.69, 9.17) is 4.74 Å². The summed E-state index contributed by atoms with van der Waals surface area (Å²) in [5.41, 5.74) is 1.35. The molecule has 132 valence electrons. The van der Waals surface area contributed by atoms with Gasteiger partial charge in [-0.1, -0.05) is 0 Å². The molecule has 1 fully saturated rings. The molecule has 2 aromatic rings. The van der Waals surface area contributed by atoms with Crippen molar-refractivity contribution in [2.45, 2.75) is 18.9 Å². The predicted octanol–water partition coefficient (Wildman–Crippen LogP) is 2.77. The van der Waals surface area contributed by atoms with Crippen LogP contribution in [-0.2, 0) is 9.47 Å². The van der Waals surface area contributed by atoms with Gasteiger partial charge in [0.2, 0.25) is 0 Å². The van der Waals surface area contributed by atoms with Gasteiger partial charge in [0.25, 0.3) is 5.91 Å². The van der Waals surface area contributed by atoms with Crippen molar-refractivity contribution in [2.75, 3.05) is 30.9 Å². The molecule has 1 aromatic carbocycles. The smallest absolute Gasteiger partial charge is 0.337 e. The SMILES string of the molecule is COC(=O)c1ccc(NC(=O)c2csc(NC[C@H]3CCCO3)n2)cc1. The minimum Gasteiger partial charge on any atom is -0.465 e. The lowest BCUT2D eigenvalue weighted by atomic mass is 10.2. The lowest BCUT2D eigenvalue weighted by Crippen LogP contribution is -2.18. The number of benzene rings is 1. The zero-order valence-corrected chi connectivity index (χ0v) is 14.6. The van der Waals surface area contributed by atoms with E-state index in [2.05, 4.69) is 20.4 Å². The van der Waals surface area contributed by atoms with Crippen molar-refractivity contribution in [1.29, 1.82) is 0 Å². The molecule has 0 bridgehead atoms. The Labute approximate surface area is 149 Å². The number of amides is 1. The largest absolute Gasteiger partial charge is 0.465 e. The second kappa shape index (κ2) is 8.09. The number of thiazole rings is 1. The maximum absolute atomic E-state index is 12.3. The first-order valence-electron chi connectivity index (χ1n) is 7.96. The molecular weight excluding hydrogens is 342 g/mol. The zero-order chi connectivity index (χ0) is 17.6. The van der Waals surface area contributed by atoms with Crippen molar-refractivity contribution >= 4 is 34.0 Å². The molecule has 0 aliphatic carbocycles. The molecule has 1 aliphatic heterocycles. The molecule has 3 rings (SSSR count). The lowest BCUT2D eigenvalue weighted by molar-refractivity contribution is 0.0600. The van der Waals surface area contributed by atoms with Crippen molar-refractivity contribution in [2.24, 2.45) is 0 Å². The number of carbonyl (C=O) groups is 2. The third-order valence-corrected chi connectivity index (χ3v) is 4.61. The molecule has 1 saturated heterocycles. The Morgan fingerprint density at radius 2 is 2.16 bits per heavy atom. The van der Waals surface area contributed by atoms with E-state index in [-0.39, 0.29) is 12.0 Å². The Hall–Kier alpha value is -2.45. The average molecular weight is 361 g/mol. The fourth-order valence-electron chi connectivity index (χ4n) is 2.47. The molecule has 1 atom stereocenters. The fourth-order valence-corrected chi connectivity index (χ4v) is 3.17. The molecule has 0 saturated carbocycles. The molecule has 1 aromatic heterocycles. The van der Waals surface area contributed by atoms with Gasteiger partial charge in [-0.2, -0.15) is 0 Å². The Morgan fingerprint density at radius 1 is 1.36 bits per heavy atom. The van der Waals surface area contributed by atoms with Gasteiger partial charge in [-0.15, -0.1) is 11.3 Å². The van der Waals surface area contributed by atoms with Crippen molar-refractivity contribution in [3.8, 4) is 0 Å². The van der Waals surface area contributed by atoms with E-state index in [9.17, 15) is 9.59 Å². The summed E-state index contributed by atoms with van der Waals surface area (Å²) in [6.07, 6.45) is 2.36. The molecule has 1 aliphatic rings. The van der Waals surface area contributed by atoms with Gasteiger partial charge in [-0.05, 0) is 37.1 Å². The Bertz CT molecular complexity index is 739. The zero-order valence-electron chi connectivity index (χ0n) is 13.8. The average Bonchev–Trinajstić information content (AvgIpc) is 3.31. The Balaban J connectivity index is 1.55. The predicted molar refractivity (Wildman–Crippen MR) is 95.3 cm³/mol. The van der Waals surface area contributed by atoms with E-state index >= 15 is 0 Å². The van der Waals surface area contributed by atoms with Gasteiger partial charge in [-0.3, -0.25) is 4.79 Å². The molecule has 8 heteroatoms. The second-order valence-corrected chi connectivity index (χ2v) is 6.43. The maximum atomic E-state index is 12.3. The number of rotatable bonds is 6. The minimum absolute atomic E-state index is 0.217. The van der Waals surface area contributed by atoms with E-state index in [0.29, 0.717) is 28.6 Å². The van der Waals surface area contributed by atoms with E-state index < -0.39 is 5.97 Å². The van der Waals surface area contributed by atoms with Crippen LogP contribution in [0.5, 0.6) is 0 Å². The highest BCUT2D eigenvalue weighted by molar-refractivity contribution is 7.13. The van der Waals surface area contributed by atoms with Crippen molar-refractivity contribution in [1.82, 2.24) is 4.98 Å². The monoisotopic (exact) mass is 361 g/mol. The van der Waals surface area contributed by atoms with Crippen LogP contribution in [0, 0.1) is 0 Å². The van der Waals surface area contributed by atoms with Crippen molar-refractivity contribution in [3.05, 3.63) is 40.9 Å². The summed E-state index contributed by atoms with van der Waals surface area (Å²) >= 11 is 1.38. The Morgan fingerprint density at radius 3 is 2.84 bits per heavy atom. The number of methoxy groups -OCH3 is 1. The number of nitrogens with zero attached hydrogens (tertiary/aromatic N) is 1. The number of anilines is 2. The number of nitrogens with one attached hydrogen (secondary N) is 2. The molecule has 7 nitrogen and oxygen atoms in total. The quantitative estimate of drug-likeness (QED) is 0.769. The topological polar surface area (TPSA) is 89.5 Å². The summed E-state index contributed by atoms with van der Waals surface area (Å²) in [5.74, 6) is -0.716. The highest BCUT2D eigenvalue weighted by Gasteiger charge is 2.16. The van der Waals surface area contributed by atoms with Crippen LogP contribution < -0.4 is 10.6 Å². The summed E-state index contributed by atoms with van der Waals surface area (Å²) in [6, 6.07) is 6.48. The number of hydrogen-bond donors (Lipinski definition) is 2. The first-order chi connectivity index (χ1) is 12.2. The van der Waals surface area contributed by atoms with Crippen LogP contribution in [-0.4, -0.2) is 43.2 Å². The van der Waals surface area contributed by atoms with E-state index in [1.165, 1.54) is 18.4 Å². The van der Waals surface area contributed by atoms with Crippen LogP contribution in [0.3, 0.4) is 0 Å². The summed E-state index contributed by atoms with van der Waals surface area (Å²) in [7, 11) is 1.32. The van der Waals surface area contributed by atoms with E-state index in [1.54, 1.807) is 29.6 Å². The van der Waals surface area contributed by atoms with Gasteiger partial charge < -0.3 is 20.1 Å². The fraction of sp³-hybridized carbons (Fsp3) is 0.353. The van der Waals surface area contributed by atoms with Crippen LogP contribution >= 0.6 is 11.3 Å². The third-order valence-electron chi connectivity index (χ3n) is 3.81. The normalized spacial score (nSPS) is 16.4. The van der Waals surface area contributed by atoms with Gasteiger partial charge in [0, 0.05) is 24.2 Å². The first kappa shape index (κ1) is 17.4. The highest BCUT2D eigenvalue weighted by atomic mass is 32.1. The maximum Gasteiger partial charge on any atom is 0.337 e. The number of carbonyl (C=O) groups excluding carboxylic acids is 2. The van der Waals surface area contributed by atoms with Crippen LogP contribution in [0.25, 0.3) is 0 Å². The molecule has 0 spiro atoms. The van der Waals surface area contributed by atoms with Crippen molar-refractivity contribution in [3.63, 3.8) is 0 Å². The van der Waals surface area contributed by atoms with Gasteiger partial charge in [0.15, 0.2) is 5.13 Å². The van der Waals surface area contributed by atoms with Gasteiger partial charge in [-0.25, -0.2) is 9.78 Å². The van der Waals surface area contributed by atoms with Crippen LogP contribution in [0.2, 0.25) is 0 Å². The van der Waals surface area contributed by atoms with Crippen LogP contribution in [0.4, 0.5) is 10.8 Å². The minimum atomic E-state index is -0.417. The molecule has 1 amide bonds. The summed E-state index contributed by atoms with van der Waals surface area (Å²) in [5, 5.41) is 8.36. The van der Waals surface area contributed by atoms with Gasteiger partial charge in [0.1, 0.15) is 5.69 Å². The molecule has 25 heavy (non-hydrogen) atoms. The number of ether oxygens (including phenoxy) is 2. The Kier molecular flexibility index (Phi) is 5.62. The first-order valence-corrected chi connectivity index (χ1v) is 8.84. The third kappa shape index (κ3) is 4.55. The number of hydrogen-bond acceptors (Lipinski definition) is 7. The van der Waals surface area contributed by atoms with E-state index in [0.717, 1.165) is 19.4 Å². The number of esters is 1. The molecule has 0 unspecified atom stereocenters. The van der Waals surface area contributed by atoms with Crippen LogP contribution in [0.1, 0.15) is 33.7 Å². The summed E-state index contributed by atoms with van der Waals surface area (Å²) < 4.78 is 10.2. The molecule has 2 N–H and O–H groups in total. The lowest BCUT2D eigenvalue weighted by Gasteiger charge is -2.09. The van der Waals surface area contributed by atoms with Crippen LogP contribution in [0.15, 0.2) is 29.6 Å². The molecular formula is C17H19N3O4S. The summed E-state index contributed by atoms with van der Waals surface area (Å²) in [4.78, 5) is 27.9. The highest BCUT2D eigenvalue weighted by Crippen LogP contribution is 2.19.